The summed E-state index contributed by atoms with van der Waals surface area (Å²) in [5.74, 6) is 0.605. The number of hydrogen-bond acceptors (Lipinski definition) is 6. The topological polar surface area (TPSA) is 93.7 Å². The largest absolute Gasteiger partial charge is 0.449 e. The first-order valence-corrected chi connectivity index (χ1v) is 12.8. The van der Waals surface area contributed by atoms with E-state index in [1.807, 2.05) is 59.5 Å². The number of anilines is 1. The maximum atomic E-state index is 13.7. The van der Waals surface area contributed by atoms with Crippen molar-refractivity contribution in [1.29, 1.82) is 0 Å². The first-order chi connectivity index (χ1) is 18.4. The summed E-state index contributed by atoms with van der Waals surface area (Å²) in [7, 11) is 0. The summed E-state index contributed by atoms with van der Waals surface area (Å²) in [6.45, 7) is 3.71. The molecule has 5 rings (SSSR count). The Bertz CT molecular complexity index is 1460. The van der Waals surface area contributed by atoms with Gasteiger partial charge in [0.15, 0.2) is 0 Å². The molecule has 1 aliphatic heterocycles. The van der Waals surface area contributed by atoms with Crippen molar-refractivity contribution in [2.24, 2.45) is 5.73 Å². The second kappa shape index (κ2) is 11.1. The van der Waals surface area contributed by atoms with Gasteiger partial charge in [-0.3, -0.25) is 9.59 Å². The molecule has 1 amide bonds. The average Bonchev–Trinajstić information content (AvgIpc) is 2.95. The number of nitrogens with zero attached hydrogens (tertiary/aromatic N) is 4. The Morgan fingerprint density at radius 1 is 0.921 bits per heavy atom. The van der Waals surface area contributed by atoms with E-state index in [-0.39, 0.29) is 11.7 Å². The number of benzene rings is 3. The predicted octanol–water partition coefficient (Wildman–Crippen LogP) is 4.34. The highest BCUT2D eigenvalue weighted by Gasteiger charge is 2.27. The number of piperazine rings is 1. The van der Waals surface area contributed by atoms with Crippen molar-refractivity contribution in [1.82, 2.24) is 14.7 Å². The first-order valence-electron chi connectivity index (χ1n) is 12.4. The Labute approximate surface area is 225 Å². The predicted molar refractivity (Wildman–Crippen MR) is 149 cm³/mol. The quantitative estimate of drug-likeness (QED) is 0.399. The fraction of sp³-hybridized carbons (Fsp3) is 0.207. The lowest BCUT2D eigenvalue weighted by Crippen LogP contribution is -2.52. The number of halogens is 1. The van der Waals surface area contributed by atoms with Crippen LogP contribution in [0.1, 0.15) is 6.92 Å². The standard InChI is InChI=1S/C29H28ClN5O3/c1-20(31)28(36)34-17-15-33(16-18-34)26-19-32-35(24-11-9-23(30)10-12-24)29(37)27(26)38-25-13-7-22(8-14-25)21-5-3-2-4-6-21/h2-14,19-20H,15-18,31H2,1H3/t20-/m1/s1. The van der Waals surface area contributed by atoms with Crippen LogP contribution in [-0.2, 0) is 4.79 Å². The van der Waals surface area contributed by atoms with Crippen LogP contribution >= 0.6 is 11.6 Å². The fourth-order valence-corrected chi connectivity index (χ4v) is 4.56. The number of amides is 1. The van der Waals surface area contributed by atoms with Crippen molar-refractivity contribution in [3.8, 4) is 28.3 Å². The van der Waals surface area contributed by atoms with Crippen LogP contribution in [-0.4, -0.2) is 52.8 Å². The zero-order valence-corrected chi connectivity index (χ0v) is 21.7. The zero-order valence-electron chi connectivity index (χ0n) is 21.0. The molecule has 0 saturated carbocycles. The van der Waals surface area contributed by atoms with E-state index in [1.165, 1.54) is 4.68 Å². The summed E-state index contributed by atoms with van der Waals surface area (Å²) in [5, 5.41) is 4.99. The number of carbonyl (C=O) groups excluding carboxylic acids is 1. The van der Waals surface area contributed by atoms with E-state index in [9.17, 15) is 9.59 Å². The summed E-state index contributed by atoms with van der Waals surface area (Å²) in [6.07, 6.45) is 1.63. The van der Waals surface area contributed by atoms with Crippen LogP contribution in [0.2, 0.25) is 5.02 Å². The molecule has 1 fully saturated rings. The molecule has 0 bridgehead atoms. The van der Waals surface area contributed by atoms with E-state index >= 15 is 0 Å². The van der Waals surface area contributed by atoms with Crippen molar-refractivity contribution in [3.63, 3.8) is 0 Å². The number of nitrogens with two attached hydrogens (primary N) is 1. The molecule has 0 spiro atoms. The highest BCUT2D eigenvalue weighted by atomic mass is 35.5. The van der Waals surface area contributed by atoms with Gasteiger partial charge < -0.3 is 20.3 Å². The van der Waals surface area contributed by atoms with Gasteiger partial charge in [0.05, 0.1) is 17.9 Å². The minimum Gasteiger partial charge on any atom is -0.449 e. The third kappa shape index (κ3) is 5.41. The average molecular weight is 530 g/mol. The van der Waals surface area contributed by atoms with Gasteiger partial charge in [-0.25, -0.2) is 0 Å². The van der Waals surface area contributed by atoms with Crippen LogP contribution in [0.25, 0.3) is 16.8 Å². The van der Waals surface area contributed by atoms with Crippen LogP contribution in [0.4, 0.5) is 5.69 Å². The Morgan fingerprint density at radius 2 is 1.55 bits per heavy atom. The van der Waals surface area contributed by atoms with Gasteiger partial charge in [0.2, 0.25) is 11.7 Å². The molecule has 1 atom stereocenters. The van der Waals surface area contributed by atoms with Gasteiger partial charge in [0, 0.05) is 31.2 Å². The van der Waals surface area contributed by atoms with E-state index in [0.29, 0.717) is 48.3 Å². The summed E-state index contributed by atoms with van der Waals surface area (Å²) in [5.41, 5.74) is 8.66. The van der Waals surface area contributed by atoms with Crippen LogP contribution in [0.15, 0.2) is 89.9 Å². The van der Waals surface area contributed by atoms with E-state index in [1.54, 1.807) is 42.3 Å². The molecule has 9 heteroatoms. The number of aromatic nitrogens is 2. The molecular weight excluding hydrogens is 502 g/mol. The molecule has 8 nitrogen and oxygen atoms in total. The van der Waals surface area contributed by atoms with Crippen molar-refractivity contribution < 1.29 is 9.53 Å². The van der Waals surface area contributed by atoms with Gasteiger partial charge in [0.1, 0.15) is 11.4 Å². The number of rotatable bonds is 6. The molecule has 2 N–H and O–H groups in total. The van der Waals surface area contributed by atoms with E-state index < -0.39 is 11.6 Å². The molecule has 3 aromatic carbocycles. The molecule has 0 unspecified atom stereocenters. The van der Waals surface area contributed by atoms with Gasteiger partial charge in [-0.15, -0.1) is 0 Å². The molecule has 194 valence electrons. The molecule has 1 aliphatic rings. The molecule has 38 heavy (non-hydrogen) atoms. The minimum absolute atomic E-state index is 0.0871. The lowest BCUT2D eigenvalue weighted by molar-refractivity contribution is -0.132. The maximum absolute atomic E-state index is 13.7. The third-order valence-electron chi connectivity index (χ3n) is 6.49. The van der Waals surface area contributed by atoms with Crippen LogP contribution in [0.3, 0.4) is 0 Å². The molecular formula is C29H28ClN5O3. The first kappa shape index (κ1) is 25.5. The monoisotopic (exact) mass is 529 g/mol. The summed E-state index contributed by atoms with van der Waals surface area (Å²) in [6, 6.07) is 24.0. The Balaban J connectivity index is 1.48. The summed E-state index contributed by atoms with van der Waals surface area (Å²) < 4.78 is 7.54. The van der Waals surface area contributed by atoms with Gasteiger partial charge in [-0.1, -0.05) is 54.1 Å². The maximum Gasteiger partial charge on any atom is 0.316 e. The van der Waals surface area contributed by atoms with Gasteiger partial charge >= 0.3 is 5.56 Å². The molecule has 0 radical (unpaired) electrons. The SMILES string of the molecule is C[C@@H](N)C(=O)N1CCN(c2cnn(-c3ccc(Cl)cc3)c(=O)c2Oc2ccc(-c3ccccc3)cc2)CC1. The van der Waals surface area contributed by atoms with Crippen LogP contribution in [0, 0.1) is 0 Å². The van der Waals surface area contributed by atoms with Gasteiger partial charge in [-0.2, -0.15) is 9.78 Å². The van der Waals surface area contributed by atoms with Gasteiger partial charge in [-0.05, 0) is 54.4 Å². The van der Waals surface area contributed by atoms with Crippen molar-refractivity contribution in [2.75, 3.05) is 31.1 Å². The van der Waals surface area contributed by atoms with Crippen LogP contribution < -0.4 is 20.9 Å². The normalized spacial score (nSPS) is 14.3. The Kier molecular flexibility index (Phi) is 7.44. The Hall–Kier alpha value is -4.14. The van der Waals surface area contributed by atoms with E-state index in [0.717, 1.165) is 11.1 Å². The smallest absolute Gasteiger partial charge is 0.316 e. The molecule has 4 aromatic rings. The lowest BCUT2D eigenvalue weighted by Gasteiger charge is -2.37. The molecule has 2 heterocycles. The van der Waals surface area contributed by atoms with Gasteiger partial charge in [0.25, 0.3) is 0 Å². The number of ether oxygens (including phenoxy) is 1. The highest BCUT2D eigenvalue weighted by molar-refractivity contribution is 6.30. The minimum atomic E-state index is -0.552. The van der Waals surface area contributed by atoms with Crippen molar-refractivity contribution in [2.45, 2.75) is 13.0 Å². The molecule has 1 aromatic heterocycles. The second-order valence-electron chi connectivity index (χ2n) is 9.15. The van der Waals surface area contributed by atoms with E-state index in [2.05, 4.69) is 5.10 Å². The summed E-state index contributed by atoms with van der Waals surface area (Å²) >= 11 is 6.04. The van der Waals surface area contributed by atoms with E-state index in [4.69, 9.17) is 22.1 Å². The Morgan fingerprint density at radius 3 is 2.18 bits per heavy atom. The second-order valence-corrected chi connectivity index (χ2v) is 9.58. The fourth-order valence-electron chi connectivity index (χ4n) is 4.44. The number of hydrogen-bond donors (Lipinski definition) is 1. The highest BCUT2D eigenvalue weighted by Crippen LogP contribution is 2.31. The summed E-state index contributed by atoms with van der Waals surface area (Å²) in [4.78, 5) is 29.8. The third-order valence-corrected chi connectivity index (χ3v) is 6.74. The lowest BCUT2D eigenvalue weighted by atomic mass is 10.1. The molecule has 1 saturated heterocycles. The van der Waals surface area contributed by atoms with Crippen molar-refractivity contribution in [3.05, 3.63) is 100 Å². The zero-order chi connectivity index (χ0) is 26.6. The number of carbonyl (C=O) groups is 1. The van der Waals surface area contributed by atoms with Crippen molar-refractivity contribution >= 4 is 23.2 Å². The molecule has 0 aliphatic carbocycles. The van der Waals surface area contributed by atoms with Crippen LogP contribution in [0.5, 0.6) is 11.5 Å².